The topological polar surface area (TPSA) is 88.5 Å². The summed E-state index contributed by atoms with van der Waals surface area (Å²) in [6.45, 7) is 2.62. The van der Waals surface area contributed by atoms with Gasteiger partial charge in [0, 0.05) is 20.8 Å². The van der Waals surface area contributed by atoms with Crippen LogP contribution in [-0.4, -0.2) is 73.9 Å². The zero-order valence-electron chi connectivity index (χ0n) is 11.5. The monoisotopic (exact) mass is 275 g/mol. The molecule has 0 saturated heterocycles. The fraction of sp³-hybridized carbons (Fsp3) is 0.750. The minimum absolute atomic E-state index is 0.0755. The molecule has 0 aromatic rings. The number of carbonyl (C=O) groups is 1. The van der Waals surface area contributed by atoms with Crippen molar-refractivity contribution in [2.24, 2.45) is 0 Å². The molecule has 1 aliphatic heterocycles. The Morgan fingerprint density at radius 3 is 2.47 bits per heavy atom. The number of methoxy groups -OCH3 is 2. The highest BCUT2D eigenvalue weighted by atomic mass is 16.5. The van der Waals surface area contributed by atoms with Crippen LogP contribution in [0, 0.1) is 0 Å². The van der Waals surface area contributed by atoms with Crippen molar-refractivity contribution in [2.75, 3.05) is 40.6 Å². The molecule has 110 valence electrons. The second-order valence-corrected chi connectivity index (χ2v) is 4.19. The summed E-state index contributed by atoms with van der Waals surface area (Å²) < 4.78 is 14.9. The second kappa shape index (κ2) is 7.44. The number of hydrogen-bond acceptors (Lipinski definition) is 7. The van der Waals surface area contributed by atoms with Crippen molar-refractivity contribution < 1.29 is 29.2 Å². The number of nitrogens with zero attached hydrogens (tertiary/aromatic N) is 1. The molecule has 0 saturated carbocycles. The molecule has 0 bridgehead atoms. The highest BCUT2D eigenvalue weighted by Crippen LogP contribution is 2.24. The molecule has 7 nitrogen and oxygen atoms in total. The van der Waals surface area contributed by atoms with Gasteiger partial charge >= 0.3 is 5.97 Å². The van der Waals surface area contributed by atoms with E-state index in [1.54, 1.807) is 6.92 Å². The Kier molecular flexibility index (Phi) is 6.23. The van der Waals surface area contributed by atoms with Crippen molar-refractivity contribution in [2.45, 2.75) is 19.2 Å². The Labute approximate surface area is 112 Å². The molecule has 1 atom stereocenters. The van der Waals surface area contributed by atoms with E-state index in [1.165, 1.54) is 19.1 Å². The molecule has 0 aromatic heterocycles. The van der Waals surface area contributed by atoms with Gasteiger partial charge in [0.15, 0.2) is 6.23 Å². The van der Waals surface area contributed by atoms with E-state index in [9.17, 15) is 15.0 Å². The summed E-state index contributed by atoms with van der Waals surface area (Å²) >= 11 is 0. The number of carbonyl (C=O) groups excluding carboxylic acids is 1. The lowest BCUT2D eigenvalue weighted by molar-refractivity contribution is -0.138. The van der Waals surface area contributed by atoms with E-state index in [4.69, 9.17) is 14.2 Å². The van der Waals surface area contributed by atoms with Gasteiger partial charge in [-0.3, -0.25) is 4.90 Å². The summed E-state index contributed by atoms with van der Waals surface area (Å²) in [5.74, 6) is -0.981. The molecule has 0 spiro atoms. The number of aliphatic hydroxyl groups is 2. The van der Waals surface area contributed by atoms with Crippen LogP contribution in [0.2, 0.25) is 0 Å². The Balaban J connectivity index is 2.78. The van der Waals surface area contributed by atoms with Crippen LogP contribution in [0.4, 0.5) is 0 Å². The average Bonchev–Trinajstić information content (AvgIpc) is 2.67. The van der Waals surface area contributed by atoms with Gasteiger partial charge in [-0.1, -0.05) is 0 Å². The number of hydrogen-bond donors (Lipinski definition) is 2. The van der Waals surface area contributed by atoms with Crippen LogP contribution in [0.1, 0.15) is 6.92 Å². The predicted octanol–water partition coefficient (Wildman–Crippen LogP) is -0.343. The molecule has 1 heterocycles. The van der Waals surface area contributed by atoms with Crippen molar-refractivity contribution in [3.63, 3.8) is 0 Å². The maximum absolute atomic E-state index is 11.6. The van der Waals surface area contributed by atoms with E-state index in [2.05, 4.69) is 0 Å². The highest BCUT2D eigenvalue weighted by Gasteiger charge is 2.39. The van der Waals surface area contributed by atoms with Gasteiger partial charge in [-0.05, 0) is 6.92 Å². The van der Waals surface area contributed by atoms with Gasteiger partial charge in [-0.2, -0.15) is 0 Å². The first kappa shape index (κ1) is 15.9. The van der Waals surface area contributed by atoms with E-state index in [1.807, 2.05) is 0 Å². The second-order valence-electron chi connectivity index (χ2n) is 4.19. The smallest absolute Gasteiger partial charge is 0.338 e. The van der Waals surface area contributed by atoms with Crippen molar-refractivity contribution in [3.8, 4) is 0 Å². The first-order valence-electron chi connectivity index (χ1n) is 6.07. The fourth-order valence-electron chi connectivity index (χ4n) is 2.00. The molecule has 1 aliphatic rings. The summed E-state index contributed by atoms with van der Waals surface area (Å²) in [5.41, 5.74) is 0.0755. The summed E-state index contributed by atoms with van der Waals surface area (Å²) in [7, 11) is 3.06. The summed E-state index contributed by atoms with van der Waals surface area (Å²) in [5, 5.41) is 19.8. The summed E-state index contributed by atoms with van der Waals surface area (Å²) in [6.07, 6.45) is -1.24. The third kappa shape index (κ3) is 3.66. The van der Waals surface area contributed by atoms with E-state index < -0.39 is 12.2 Å². The lowest BCUT2D eigenvalue weighted by Gasteiger charge is -2.29. The number of rotatable bonds is 7. The van der Waals surface area contributed by atoms with Gasteiger partial charge in [0.1, 0.15) is 5.76 Å². The Bertz CT molecular complexity index is 337. The molecule has 7 heteroatoms. The molecule has 0 fully saturated rings. The van der Waals surface area contributed by atoms with E-state index in [-0.39, 0.29) is 30.5 Å². The molecule has 19 heavy (non-hydrogen) atoms. The van der Waals surface area contributed by atoms with Gasteiger partial charge in [0.2, 0.25) is 0 Å². The maximum Gasteiger partial charge on any atom is 0.338 e. The third-order valence-corrected chi connectivity index (χ3v) is 2.92. The van der Waals surface area contributed by atoms with Gasteiger partial charge in [0.05, 0.1) is 31.4 Å². The lowest BCUT2D eigenvalue weighted by Crippen LogP contribution is -2.46. The SMILES string of the molecule is CCOC(=O)C1=C(O)C(O)N(C(COC)COC)C1. The minimum Gasteiger partial charge on any atom is -0.507 e. The maximum atomic E-state index is 11.6. The number of ether oxygens (including phenoxy) is 3. The minimum atomic E-state index is -1.24. The molecule has 0 aromatic carbocycles. The molecule has 0 amide bonds. The molecule has 0 aliphatic carbocycles. The van der Waals surface area contributed by atoms with Crippen LogP contribution in [-0.2, 0) is 19.0 Å². The van der Waals surface area contributed by atoms with E-state index in [0.29, 0.717) is 13.2 Å². The predicted molar refractivity (Wildman–Crippen MR) is 66.5 cm³/mol. The van der Waals surface area contributed by atoms with E-state index >= 15 is 0 Å². The Morgan fingerprint density at radius 1 is 1.42 bits per heavy atom. The van der Waals surface area contributed by atoms with Crippen molar-refractivity contribution >= 4 is 5.97 Å². The third-order valence-electron chi connectivity index (χ3n) is 2.92. The first-order chi connectivity index (χ1) is 9.06. The standard InChI is InChI=1S/C12H21NO6/c1-4-19-12(16)9-5-13(11(15)10(9)14)8(6-17-2)7-18-3/h8,11,14-15H,4-7H2,1-3H3. The average molecular weight is 275 g/mol. The van der Waals surface area contributed by atoms with Crippen LogP contribution >= 0.6 is 0 Å². The Morgan fingerprint density at radius 2 is 2.00 bits per heavy atom. The van der Waals surface area contributed by atoms with Crippen LogP contribution in [0.3, 0.4) is 0 Å². The Hall–Kier alpha value is -1.15. The number of esters is 1. The highest BCUT2D eigenvalue weighted by molar-refractivity contribution is 5.90. The van der Waals surface area contributed by atoms with Crippen LogP contribution in [0.5, 0.6) is 0 Å². The van der Waals surface area contributed by atoms with E-state index in [0.717, 1.165) is 0 Å². The molecule has 1 rings (SSSR count). The zero-order chi connectivity index (χ0) is 14.4. The molecule has 1 unspecified atom stereocenters. The normalized spacial score (nSPS) is 20.4. The van der Waals surface area contributed by atoms with Crippen LogP contribution < -0.4 is 0 Å². The quantitative estimate of drug-likeness (QED) is 0.614. The first-order valence-corrected chi connectivity index (χ1v) is 6.07. The van der Waals surface area contributed by atoms with Gasteiger partial charge in [-0.25, -0.2) is 4.79 Å². The van der Waals surface area contributed by atoms with Crippen LogP contribution in [0.15, 0.2) is 11.3 Å². The van der Waals surface area contributed by atoms with Gasteiger partial charge < -0.3 is 24.4 Å². The van der Waals surface area contributed by atoms with Crippen molar-refractivity contribution in [1.82, 2.24) is 4.90 Å². The van der Waals surface area contributed by atoms with Crippen LogP contribution in [0.25, 0.3) is 0 Å². The largest absolute Gasteiger partial charge is 0.507 e. The molecular weight excluding hydrogens is 254 g/mol. The zero-order valence-corrected chi connectivity index (χ0v) is 11.5. The van der Waals surface area contributed by atoms with Crippen molar-refractivity contribution in [3.05, 3.63) is 11.3 Å². The number of aliphatic hydroxyl groups excluding tert-OH is 2. The molecule has 0 radical (unpaired) electrons. The lowest BCUT2D eigenvalue weighted by atomic mass is 10.2. The van der Waals surface area contributed by atoms with Gasteiger partial charge in [-0.15, -0.1) is 0 Å². The fourth-order valence-corrected chi connectivity index (χ4v) is 2.00. The summed E-state index contributed by atoms with van der Waals surface area (Å²) in [4.78, 5) is 13.2. The molecule has 2 N–H and O–H groups in total. The summed E-state index contributed by atoms with van der Waals surface area (Å²) in [6, 6.07) is -0.265. The van der Waals surface area contributed by atoms with Gasteiger partial charge in [0.25, 0.3) is 0 Å². The van der Waals surface area contributed by atoms with Crippen molar-refractivity contribution in [1.29, 1.82) is 0 Å². The molecular formula is C12H21NO6.